The number of benzene rings is 1. The number of rotatable bonds is 5. The van der Waals surface area contributed by atoms with Gasteiger partial charge in [0, 0.05) is 29.8 Å². The van der Waals surface area contributed by atoms with Crippen LogP contribution in [0.15, 0.2) is 40.4 Å². The Morgan fingerprint density at radius 2 is 1.79 bits per heavy atom. The first kappa shape index (κ1) is 24.7. The average molecular weight is 532 g/mol. The van der Waals surface area contributed by atoms with E-state index in [0.29, 0.717) is 37.2 Å². The molecular weight excluding hydrogens is 492 g/mol. The Hall–Kier alpha value is -1.01. The highest BCUT2D eigenvalue weighted by molar-refractivity contribution is 9.10. The summed E-state index contributed by atoms with van der Waals surface area (Å²) in [5, 5.41) is 11.4. The Balaban J connectivity index is 1.35. The van der Waals surface area contributed by atoms with Crippen LogP contribution < -0.4 is 0 Å². The summed E-state index contributed by atoms with van der Waals surface area (Å²) in [7, 11) is 1.73. The molecule has 34 heavy (non-hydrogen) atoms. The molecule has 0 aromatic heterocycles. The number of ether oxygens (including phenoxy) is 2. The van der Waals surface area contributed by atoms with Gasteiger partial charge in [-0.1, -0.05) is 53.6 Å². The molecule has 0 amide bonds. The van der Waals surface area contributed by atoms with Crippen LogP contribution in [-0.2, 0) is 20.9 Å². The Kier molecular flexibility index (Phi) is 6.20. The van der Waals surface area contributed by atoms with Crippen molar-refractivity contribution in [2.45, 2.75) is 90.1 Å². The molecule has 1 N–H and O–H groups in total. The van der Waals surface area contributed by atoms with E-state index in [1.165, 1.54) is 5.57 Å². The van der Waals surface area contributed by atoms with Gasteiger partial charge in [0.2, 0.25) is 0 Å². The van der Waals surface area contributed by atoms with Crippen molar-refractivity contribution in [2.24, 2.45) is 28.6 Å². The van der Waals surface area contributed by atoms with E-state index in [4.69, 9.17) is 9.47 Å². The first-order valence-electron chi connectivity index (χ1n) is 12.9. The minimum atomic E-state index is -1.10. The SMILES string of the molecule is CO[C@]1(C(C)=O)CC[C@H]2[C@@H]3CC=C4C[C@](O)(OCc5ccc(Br)cc5)CC[C@]4(C)[C@H]3CC[C@@]21C. The normalized spacial score (nSPS) is 43.5. The lowest BCUT2D eigenvalue weighted by molar-refractivity contribution is -0.232. The van der Waals surface area contributed by atoms with Gasteiger partial charge in [-0.05, 0) is 86.3 Å². The van der Waals surface area contributed by atoms with Gasteiger partial charge in [0.05, 0.1) is 6.61 Å². The number of fused-ring (bicyclic) bond motifs is 5. The first-order valence-corrected chi connectivity index (χ1v) is 13.7. The van der Waals surface area contributed by atoms with Crippen LogP contribution in [0.25, 0.3) is 0 Å². The molecule has 0 bridgehead atoms. The van der Waals surface area contributed by atoms with E-state index in [2.05, 4.69) is 35.9 Å². The van der Waals surface area contributed by atoms with Crippen LogP contribution in [0.1, 0.15) is 77.7 Å². The van der Waals surface area contributed by atoms with Crippen molar-refractivity contribution in [1.82, 2.24) is 0 Å². The molecule has 0 unspecified atom stereocenters. The molecule has 0 heterocycles. The summed E-state index contributed by atoms with van der Waals surface area (Å²) in [6.07, 6.45) is 9.75. The zero-order valence-corrected chi connectivity index (χ0v) is 22.6. The van der Waals surface area contributed by atoms with Gasteiger partial charge in [-0.3, -0.25) is 4.79 Å². The largest absolute Gasteiger partial charge is 0.370 e. The van der Waals surface area contributed by atoms with Crippen molar-refractivity contribution in [2.75, 3.05) is 7.11 Å². The van der Waals surface area contributed by atoms with Crippen LogP contribution in [0, 0.1) is 28.6 Å². The summed E-state index contributed by atoms with van der Waals surface area (Å²) in [5.41, 5.74) is 1.85. The molecular formula is C29H39BrO4. The highest BCUT2D eigenvalue weighted by Gasteiger charge is 2.66. The van der Waals surface area contributed by atoms with Gasteiger partial charge in [-0.15, -0.1) is 0 Å². The molecule has 0 spiro atoms. The number of aliphatic hydroxyl groups is 1. The van der Waals surface area contributed by atoms with Crippen molar-refractivity contribution in [3.05, 3.63) is 46.0 Å². The molecule has 186 valence electrons. The summed E-state index contributed by atoms with van der Waals surface area (Å²) < 4.78 is 13.2. The van der Waals surface area contributed by atoms with E-state index < -0.39 is 11.4 Å². The van der Waals surface area contributed by atoms with Crippen molar-refractivity contribution in [1.29, 1.82) is 0 Å². The second-order valence-corrected chi connectivity index (χ2v) is 12.8. The van der Waals surface area contributed by atoms with Crippen LogP contribution in [0.2, 0.25) is 0 Å². The zero-order valence-electron chi connectivity index (χ0n) is 21.0. The quantitative estimate of drug-likeness (QED) is 0.344. The third-order valence-electron chi connectivity index (χ3n) is 10.6. The number of halogens is 1. The van der Waals surface area contributed by atoms with Crippen LogP contribution in [0.5, 0.6) is 0 Å². The number of carbonyl (C=O) groups is 1. The minimum Gasteiger partial charge on any atom is -0.370 e. The van der Waals surface area contributed by atoms with Crippen molar-refractivity contribution in [3.63, 3.8) is 0 Å². The molecule has 7 atom stereocenters. The number of carbonyl (C=O) groups excluding carboxylic acids is 1. The number of Topliss-reactive ketones (excluding diaryl/α,β-unsaturated/α-hetero) is 1. The third kappa shape index (κ3) is 3.60. The summed E-state index contributed by atoms with van der Waals surface area (Å²) in [4.78, 5) is 12.8. The lowest BCUT2D eigenvalue weighted by Crippen LogP contribution is -2.58. The fourth-order valence-corrected chi connectivity index (χ4v) is 8.86. The Morgan fingerprint density at radius 1 is 1.09 bits per heavy atom. The highest BCUT2D eigenvalue weighted by atomic mass is 79.9. The topological polar surface area (TPSA) is 55.8 Å². The first-order chi connectivity index (χ1) is 16.1. The Bertz CT molecular complexity index is 988. The number of hydrogen-bond donors (Lipinski definition) is 1. The second kappa shape index (κ2) is 8.54. The monoisotopic (exact) mass is 530 g/mol. The van der Waals surface area contributed by atoms with Gasteiger partial charge in [-0.25, -0.2) is 0 Å². The van der Waals surface area contributed by atoms with Gasteiger partial charge >= 0.3 is 0 Å². The molecule has 5 rings (SSSR count). The van der Waals surface area contributed by atoms with Crippen LogP contribution in [-0.4, -0.2) is 29.4 Å². The second-order valence-electron chi connectivity index (χ2n) is 11.9. The fraction of sp³-hybridized carbons (Fsp3) is 0.690. The number of hydrogen-bond acceptors (Lipinski definition) is 4. The number of ketones is 1. The maximum atomic E-state index is 12.8. The van der Waals surface area contributed by atoms with Crippen molar-refractivity contribution in [3.8, 4) is 0 Å². The molecule has 0 aliphatic heterocycles. The highest BCUT2D eigenvalue weighted by Crippen LogP contribution is 2.68. The predicted molar refractivity (Wildman–Crippen MR) is 136 cm³/mol. The van der Waals surface area contributed by atoms with Gasteiger partial charge in [-0.2, -0.15) is 0 Å². The summed E-state index contributed by atoms with van der Waals surface area (Å²) in [5.74, 6) is 0.795. The fourth-order valence-electron chi connectivity index (χ4n) is 8.59. The van der Waals surface area contributed by atoms with Crippen LogP contribution in [0.3, 0.4) is 0 Å². The van der Waals surface area contributed by atoms with E-state index >= 15 is 0 Å². The Labute approximate surface area is 212 Å². The molecule has 0 saturated heterocycles. The maximum absolute atomic E-state index is 12.8. The molecule has 5 heteroatoms. The molecule has 3 saturated carbocycles. The Morgan fingerprint density at radius 3 is 2.47 bits per heavy atom. The summed E-state index contributed by atoms with van der Waals surface area (Å²) in [6.45, 7) is 6.89. The lowest BCUT2D eigenvalue weighted by atomic mass is 9.46. The minimum absolute atomic E-state index is 0.0837. The predicted octanol–water partition coefficient (Wildman–Crippen LogP) is 6.59. The summed E-state index contributed by atoms with van der Waals surface area (Å²) >= 11 is 3.47. The zero-order chi connectivity index (χ0) is 24.4. The molecule has 4 nitrogen and oxygen atoms in total. The van der Waals surface area contributed by atoms with E-state index in [1.54, 1.807) is 14.0 Å². The molecule has 0 radical (unpaired) electrons. The molecule has 3 fully saturated rings. The molecule has 1 aromatic carbocycles. The standard InChI is InChI=1S/C29H39BrO4/c1-19(31)29(33-4)14-12-25-23-10-7-21-17-28(32,34-18-20-5-8-22(30)9-6-20)16-15-26(21,2)24(23)11-13-27(25,29)3/h5-9,23-25,32H,10-18H2,1-4H3/t23-,24+,25+,26+,27+,28-,29+/m1/s1. The van der Waals surface area contributed by atoms with Crippen LogP contribution >= 0.6 is 15.9 Å². The lowest BCUT2D eigenvalue weighted by Gasteiger charge is -2.59. The van der Waals surface area contributed by atoms with Crippen LogP contribution in [0.4, 0.5) is 0 Å². The third-order valence-corrected chi connectivity index (χ3v) is 11.1. The van der Waals surface area contributed by atoms with Gasteiger partial charge in [0.1, 0.15) is 5.60 Å². The van der Waals surface area contributed by atoms with E-state index in [0.717, 1.165) is 48.6 Å². The number of allylic oxidation sites excluding steroid dienone is 1. The number of methoxy groups -OCH3 is 1. The maximum Gasteiger partial charge on any atom is 0.169 e. The van der Waals surface area contributed by atoms with Gasteiger partial charge < -0.3 is 14.6 Å². The summed E-state index contributed by atoms with van der Waals surface area (Å²) in [6, 6.07) is 8.09. The van der Waals surface area contributed by atoms with E-state index in [9.17, 15) is 9.90 Å². The molecule has 4 aliphatic carbocycles. The van der Waals surface area contributed by atoms with Gasteiger partial charge in [0.25, 0.3) is 0 Å². The molecule has 1 aromatic rings. The van der Waals surface area contributed by atoms with Crippen molar-refractivity contribution >= 4 is 21.7 Å². The smallest absolute Gasteiger partial charge is 0.169 e. The van der Waals surface area contributed by atoms with E-state index in [-0.39, 0.29) is 16.6 Å². The average Bonchev–Trinajstić information content (AvgIpc) is 3.13. The molecule has 4 aliphatic rings. The van der Waals surface area contributed by atoms with Crippen molar-refractivity contribution < 1.29 is 19.4 Å². The van der Waals surface area contributed by atoms with Gasteiger partial charge in [0.15, 0.2) is 11.6 Å². The van der Waals surface area contributed by atoms with E-state index in [1.807, 2.05) is 24.3 Å².